The van der Waals surface area contributed by atoms with E-state index in [4.69, 9.17) is 14.6 Å². The summed E-state index contributed by atoms with van der Waals surface area (Å²) in [5.41, 5.74) is 2.77. The van der Waals surface area contributed by atoms with Crippen LogP contribution < -0.4 is 25.4 Å². The zero-order valence-corrected chi connectivity index (χ0v) is 16.5. The van der Waals surface area contributed by atoms with Crippen LogP contribution in [0.1, 0.15) is 11.1 Å². The van der Waals surface area contributed by atoms with E-state index in [1.807, 2.05) is 43.3 Å². The van der Waals surface area contributed by atoms with Gasteiger partial charge in [-0.1, -0.05) is 29.8 Å². The fraction of sp³-hybridized carbons (Fsp3) is 0.381. The zero-order valence-electron chi connectivity index (χ0n) is 16.5. The van der Waals surface area contributed by atoms with Crippen LogP contribution in [0.2, 0.25) is 0 Å². The highest BCUT2D eigenvalue weighted by Gasteiger charge is 2.12. The molecule has 1 amide bonds. The van der Waals surface area contributed by atoms with Gasteiger partial charge in [-0.15, -0.1) is 0 Å². The first-order valence-corrected chi connectivity index (χ1v) is 9.31. The number of hydrogen-bond donors (Lipinski definition) is 4. The predicted molar refractivity (Wildman–Crippen MR) is 110 cm³/mol. The third-order valence-electron chi connectivity index (χ3n) is 4.05. The minimum atomic E-state index is -0.234. The van der Waals surface area contributed by atoms with E-state index in [9.17, 15) is 4.79 Å². The van der Waals surface area contributed by atoms with Gasteiger partial charge in [-0.05, 0) is 25.1 Å². The van der Waals surface area contributed by atoms with Gasteiger partial charge in [0.05, 0.1) is 13.7 Å². The summed E-state index contributed by atoms with van der Waals surface area (Å²) in [6.45, 7) is 4.65. The summed E-state index contributed by atoms with van der Waals surface area (Å²) in [7, 11) is 1.57. The fourth-order valence-electron chi connectivity index (χ4n) is 2.60. The van der Waals surface area contributed by atoms with Crippen molar-refractivity contribution in [3.63, 3.8) is 0 Å². The highest BCUT2D eigenvalue weighted by Crippen LogP contribution is 2.31. The third kappa shape index (κ3) is 7.19. The Morgan fingerprint density at radius 2 is 1.79 bits per heavy atom. The standard InChI is InChI=1S/C21H29N3O4/c1-16-6-8-18(9-7-16)24-20(26)15-28-21-17(4-3-5-19(21)27-2)14-23-11-10-22-12-13-25/h3-9,22-23,25H,10-15H2,1-2H3,(H,24,26). The van der Waals surface area contributed by atoms with Crippen molar-refractivity contribution in [1.82, 2.24) is 10.6 Å². The van der Waals surface area contributed by atoms with Crippen molar-refractivity contribution >= 4 is 11.6 Å². The molecule has 28 heavy (non-hydrogen) atoms. The van der Waals surface area contributed by atoms with Gasteiger partial charge < -0.3 is 30.5 Å². The summed E-state index contributed by atoms with van der Waals surface area (Å²) >= 11 is 0. The fourth-order valence-corrected chi connectivity index (χ4v) is 2.60. The van der Waals surface area contributed by atoms with Crippen molar-refractivity contribution in [2.24, 2.45) is 0 Å². The largest absolute Gasteiger partial charge is 0.493 e. The lowest BCUT2D eigenvalue weighted by Crippen LogP contribution is -2.29. The number of anilines is 1. The van der Waals surface area contributed by atoms with E-state index in [0.717, 1.165) is 29.9 Å². The molecule has 2 aromatic rings. The summed E-state index contributed by atoms with van der Waals surface area (Å²) in [5, 5.41) is 18.0. The van der Waals surface area contributed by atoms with E-state index in [0.29, 0.717) is 24.6 Å². The molecular weight excluding hydrogens is 358 g/mol. The maximum Gasteiger partial charge on any atom is 0.262 e. The molecule has 0 unspecified atom stereocenters. The van der Waals surface area contributed by atoms with Gasteiger partial charge >= 0.3 is 0 Å². The van der Waals surface area contributed by atoms with Gasteiger partial charge in [0.2, 0.25) is 0 Å². The summed E-state index contributed by atoms with van der Waals surface area (Å²) in [6.07, 6.45) is 0. The van der Waals surface area contributed by atoms with Crippen LogP contribution in [-0.4, -0.2) is 51.0 Å². The molecule has 2 rings (SSSR count). The molecule has 152 valence electrons. The van der Waals surface area contributed by atoms with Crippen LogP contribution in [0, 0.1) is 6.92 Å². The first-order chi connectivity index (χ1) is 13.6. The molecule has 0 aromatic heterocycles. The lowest BCUT2D eigenvalue weighted by Gasteiger charge is -2.15. The molecule has 4 N–H and O–H groups in total. The number of amides is 1. The van der Waals surface area contributed by atoms with Crippen molar-refractivity contribution in [3.8, 4) is 11.5 Å². The van der Waals surface area contributed by atoms with Gasteiger partial charge in [0.1, 0.15) is 0 Å². The number of carbonyl (C=O) groups is 1. The molecule has 0 saturated carbocycles. The SMILES string of the molecule is COc1cccc(CNCCNCCO)c1OCC(=O)Nc1ccc(C)cc1. The monoisotopic (exact) mass is 387 g/mol. The van der Waals surface area contributed by atoms with E-state index >= 15 is 0 Å². The number of ether oxygens (including phenoxy) is 2. The number of aryl methyl sites for hydroxylation is 1. The molecule has 2 aromatic carbocycles. The van der Waals surface area contributed by atoms with Crippen LogP contribution >= 0.6 is 0 Å². The maximum absolute atomic E-state index is 12.2. The number of aliphatic hydroxyl groups excluding tert-OH is 1. The van der Waals surface area contributed by atoms with Crippen LogP contribution in [0.25, 0.3) is 0 Å². The number of nitrogens with one attached hydrogen (secondary N) is 3. The van der Waals surface area contributed by atoms with E-state index in [-0.39, 0.29) is 19.1 Å². The summed E-state index contributed by atoms with van der Waals surface area (Å²) in [5.74, 6) is 0.905. The normalized spacial score (nSPS) is 10.5. The second-order valence-electron chi connectivity index (χ2n) is 6.30. The summed E-state index contributed by atoms with van der Waals surface area (Å²) in [6, 6.07) is 13.2. The van der Waals surface area contributed by atoms with Crippen molar-refractivity contribution in [1.29, 1.82) is 0 Å². The Bertz CT molecular complexity index is 735. The minimum absolute atomic E-state index is 0.112. The molecule has 0 fully saturated rings. The molecule has 0 aliphatic rings. The summed E-state index contributed by atoms with van der Waals surface area (Å²) in [4.78, 5) is 12.2. The van der Waals surface area contributed by atoms with E-state index < -0.39 is 0 Å². The number of hydrogen-bond acceptors (Lipinski definition) is 6. The Hall–Kier alpha value is -2.61. The van der Waals surface area contributed by atoms with Crippen molar-refractivity contribution in [3.05, 3.63) is 53.6 Å². The Kier molecular flexibility index (Phi) is 9.27. The quantitative estimate of drug-likeness (QED) is 0.414. The third-order valence-corrected chi connectivity index (χ3v) is 4.05. The van der Waals surface area contributed by atoms with Crippen molar-refractivity contribution in [2.75, 3.05) is 45.3 Å². The molecule has 0 spiro atoms. The first-order valence-electron chi connectivity index (χ1n) is 9.31. The number of rotatable bonds is 12. The number of methoxy groups -OCH3 is 1. The smallest absolute Gasteiger partial charge is 0.262 e. The van der Waals surface area contributed by atoms with Crippen LogP contribution in [0.4, 0.5) is 5.69 Å². The molecule has 7 nitrogen and oxygen atoms in total. The van der Waals surface area contributed by atoms with Gasteiger partial charge in [-0.3, -0.25) is 4.79 Å². The number of aliphatic hydroxyl groups is 1. The van der Waals surface area contributed by atoms with Gasteiger partial charge in [0, 0.05) is 37.4 Å². The molecule has 0 radical (unpaired) electrons. The molecule has 0 saturated heterocycles. The second-order valence-corrected chi connectivity index (χ2v) is 6.30. The molecular formula is C21H29N3O4. The Labute approximate surface area is 166 Å². The summed E-state index contributed by atoms with van der Waals surface area (Å²) < 4.78 is 11.2. The Balaban J connectivity index is 1.91. The van der Waals surface area contributed by atoms with Crippen LogP contribution in [-0.2, 0) is 11.3 Å². The maximum atomic E-state index is 12.2. The number of carbonyl (C=O) groups excluding carboxylic acids is 1. The molecule has 0 aliphatic heterocycles. The lowest BCUT2D eigenvalue weighted by atomic mass is 10.2. The average molecular weight is 387 g/mol. The van der Waals surface area contributed by atoms with Crippen LogP contribution in [0.5, 0.6) is 11.5 Å². The molecule has 0 bridgehead atoms. The van der Waals surface area contributed by atoms with E-state index in [2.05, 4.69) is 16.0 Å². The Morgan fingerprint density at radius 1 is 1.04 bits per heavy atom. The molecule has 0 heterocycles. The lowest BCUT2D eigenvalue weighted by molar-refractivity contribution is -0.118. The minimum Gasteiger partial charge on any atom is -0.493 e. The van der Waals surface area contributed by atoms with Gasteiger partial charge in [-0.2, -0.15) is 0 Å². The predicted octanol–water partition coefficient (Wildman–Crippen LogP) is 1.69. The van der Waals surface area contributed by atoms with Gasteiger partial charge in [0.15, 0.2) is 18.1 Å². The average Bonchev–Trinajstić information content (AvgIpc) is 2.71. The second kappa shape index (κ2) is 12.0. The highest BCUT2D eigenvalue weighted by atomic mass is 16.5. The molecule has 0 atom stereocenters. The molecule has 7 heteroatoms. The topological polar surface area (TPSA) is 91.8 Å². The number of para-hydroxylation sites is 1. The Morgan fingerprint density at radius 3 is 2.50 bits per heavy atom. The van der Waals surface area contributed by atoms with Crippen LogP contribution in [0.3, 0.4) is 0 Å². The highest BCUT2D eigenvalue weighted by molar-refractivity contribution is 5.91. The molecule has 0 aliphatic carbocycles. The van der Waals surface area contributed by atoms with E-state index in [1.165, 1.54) is 0 Å². The first kappa shape index (κ1) is 21.7. The van der Waals surface area contributed by atoms with Gasteiger partial charge in [0.25, 0.3) is 5.91 Å². The number of benzene rings is 2. The van der Waals surface area contributed by atoms with Crippen LogP contribution in [0.15, 0.2) is 42.5 Å². The van der Waals surface area contributed by atoms with E-state index in [1.54, 1.807) is 13.2 Å². The van der Waals surface area contributed by atoms with Gasteiger partial charge in [-0.25, -0.2) is 0 Å². The zero-order chi connectivity index (χ0) is 20.2. The van der Waals surface area contributed by atoms with Crippen molar-refractivity contribution in [2.45, 2.75) is 13.5 Å². The van der Waals surface area contributed by atoms with Crippen molar-refractivity contribution < 1.29 is 19.4 Å².